The maximum absolute atomic E-state index is 12.8. The number of benzene rings is 1. The topological polar surface area (TPSA) is 137 Å². The molecule has 0 aliphatic heterocycles. The molecule has 1 fully saturated rings. The summed E-state index contributed by atoms with van der Waals surface area (Å²) in [5.41, 5.74) is 0.279. The molecule has 1 amide bonds. The summed E-state index contributed by atoms with van der Waals surface area (Å²) in [4.78, 5) is 28.3. The molecule has 1 aliphatic rings. The molecule has 10 nitrogen and oxygen atoms in total. The second-order valence-corrected chi connectivity index (χ2v) is 8.66. The van der Waals surface area contributed by atoms with Crippen LogP contribution in [0.4, 0.5) is 0 Å². The standard InChI is InChI=1S/C23H26N4O6/c1-23(2,22(29)30)32-15-7-5-14(6-8-15)13-25-20(28)17-4-3-11-24-21(17)31-16-9-10-18-19(12-16)27-33-26-18/h3-4,9-12,14-15H,5-8,13H2,1-2H3,(H,25,28)(H,29,30). The Labute approximate surface area is 190 Å². The highest BCUT2D eigenvalue weighted by atomic mass is 16.6. The zero-order valence-corrected chi connectivity index (χ0v) is 18.5. The van der Waals surface area contributed by atoms with Gasteiger partial charge in [-0.05, 0) is 80.0 Å². The number of pyridine rings is 1. The Bertz CT molecular complexity index is 1140. The number of nitrogens with zero attached hydrogens (tertiary/aromatic N) is 3. The number of aromatic nitrogens is 3. The summed E-state index contributed by atoms with van der Waals surface area (Å²) in [5, 5.41) is 19.7. The van der Waals surface area contributed by atoms with Gasteiger partial charge in [0.2, 0.25) is 5.88 Å². The molecule has 3 aromatic rings. The highest BCUT2D eigenvalue weighted by Gasteiger charge is 2.33. The van der Waals surface area contributed by atoms with Gasteiger partial charge in [-0.15, -0.1) is 0 Å². The number of amides is 1. The molecule has 2 aromatic heterocycles. The van der Waals surface area contributed by atoms with Crippen LogP contribution < -0.4 is 10.1 Å². The van der Waals surface area contributed by atoms with Gasteiger partial charge in [-0.2, -0.15) is 0 Å². The average molecular weight is 454 g/mol. The monoisotopic (exact) mass is 454 g/mol. The lowest BCUT2D eigenvalue weighted by molar-refractivity contribution is -0.170. The number of rotatable bonds is 8. The van der Waals surface area contributed by atoms with Crippen LogP contribution in [0.3, 0.4) is 0 Å². The van der Waals surface area contributed by atoms with E-state index >= 15 is 0 Å². The van der Waals surface area contributed by atoms with Crippen LogP contribution in [0.15, 0.2) is 41.2 Å². The number of carboxylic acids is 1. The van der Waals surface area contributed by atoms with Crippen LogP contribution >= 0.6 is 0 Å². The highest BCUT2D eigenvalue weighted by molar-refractivity contribution is 5.96. The molecule has 10 heteroatoms. The van der Waals surface area contributed by atoms with E-state index in [1.54, 1.807) is 50.4 Å². The first-order valence-corrected chi connectivity index (χ1v) is 10.9. The van der Waals surface area contributed by atoms with E-state index in [4.69, 9.17) is 14.1 Å². The number of ether oxygens (including phenoxy) is 2. The average Bonchev–Trinajstić information content (AvgIpc) is 3.26. The minimum Gasteiger partial charge on any atom is -0.479 e. The first kappa shape index (κ1) is 22.7. The van der Waals surface area contributed by atoms with Crippen molar-refractivity contribution in [1.82, 2.24) is 20.6 Å². The predicted octanol–water partition coefficient (Wildman–Crippen LogP) is 3.58. The van der Waals surface area contributed by atoms with E-state index in [0.29, 0.717) is 34.8 Å². The van der Waals surface area contributed by atoms with Crippen molar-refractivity contribution in [3.05, 3.63) is 42.1 Å². The molecular weight excluding hydrogens is 428 g/mol. The van der Waals surface area contributed by atoms with E-state index in [0.717, 1.165) is 25.7 Å². The summed E-state index contributed by atoms with van der Waals surface area (Å²) in [6.07, 6.45) is 4.70. The molecule has 174 valence electrons. The third-order valence-electron chi connectivity index (χ3n) is 5.78. The van der Waals surface area contributed by atoms with Crippen molar-refractivity contribution in [2.45, 2.75) is 51.2 Å². The number of carbonyl (C=O) groups excluding carboxylic acids is 1. The smallest absolute Gasteiger partial charge is 0.335 e. The van der Waals surface area contributed by atoms with Gasteiger partial charge in [0.05, 0.1) is 6.10 Å². The van der Waals surface area contributed by atoms with Gasteiger partial charge in [0.25, 0.3) is 5.91 Å². The quantitative estimate of drug-likeness (QED) is 0.523. The van der Waals surface area contributed by atoms with E-state index in [2.05, 4.69) is 20.6 Å². The van der Waals surface area contributed by atoms with Gasteiger partial charge in [0, 0.05) is 18.8 Å². The summed E-state index contributed by atoms with van der Waals surface area (Å²) in [7, 11) is 0. The lowest BCUT2D eigenvalue weighted by Crippen LogP contribution is -2.40. The van der Waals surface area contributed by atoms with Gasteiger partial charge in [-0.25, -0.2) is 14.4 Å². The molecule has 0 saturated heterocycles. The first-order chi connectivity index (χ1) is 15.8. The molecule has 0 atom stereocenters. The van der Waals surface area contributed by atoms with Crippen molar-refractivity contribution in [2.75, 3.05) is 6.54 Å². The lowest BCUT2D eigenvalue weighted by Gasteiger charge is -2.33. The first-order valence-electron chi connectivity index (χ1n) is 10.9. The van der Waals surface area contributed by atoms with Crippen LogP contribution in [-0.4, -0.2) is 50.5 Å². The second-order valence-electron chi connectivity index (χ2n) is 8.66. The van der Waals surface area contributed by atoms with Crippen molar-refractivity contribution >= 4 is 22.9 Å². The van der Waals surface area contributed by atoms with Gasteiger partial charge >= 0.3 is 5.97 Å². The van der Waals surface area contributed by atoms with E-state index in [9.17, 15) is 14.7 Å². The van der Waals surface area contributed by atoms with Crippen LogP contribution in [0.2, 0.25) is 0 Å². The predicted molar refractivity (Wildman–Crippen MR) is 117 cm³/mol. The third-order valence-corrected chi connectivity index (χ3v) is 5.78. The van der Waals surface area contributed by atoms with Crippen molar-refractivity contribution in [3.8, 4) is 11.6 Å². The minimum atomic E-state index is -1.20. The summed E-state index contributed by atoms with van der Waals surface area (Å²) in [5.74, 6) is -0.283. The molecule has 1 aromatic carbocycles. The molecule has 2 N–H and O–H groups in total. The van der Waals surface area contributed by atoms with Gasteiger partial charge in [0.1, 0.15) is 22.3 Å². The molecule has 0 bridgehead atoms. The van der Waals surface area contributed by atoms with Crippen LogP contribution in [0, 0.1) is 5.92 Å². The number of carbonyl (C=O) groups is 2. The van der Waals surface area contributed by atoms with Crippen LogP contribution in [0.5, 0.6) is 11.6 Å². The SMILES string of the molecule is CC(C)(OC1CCC(CNC(=O)c2cccnc2Oc2ccc3nonc3c2)CC1)C(=O)O. The van der Waals surface area contributed by atoms with Crippen molar-refractivity contribution < 1.29 is 28.8 Å². The highest BCUT2D eigenvalue weighted by Crippen LogP contribution is 2.29. The number of nitrogens with one attached hydrogen (secondary N) is 1. The van der Waals surface area contributed by atoms with Gasteiger partial charge in [0.15, 0.2) is 5.60 Å². The second kappa shape index (κ2) is 9.53. The Hall–Kier alpha value is -3.53. The van der Waals surface area contributed by atoms with Crippen molar-refractivity contribution in [1.29, 1.82) is 0 Å². The number of hydrogen-bond acceptors (Lipinski definition) is 8. The molecular formula is C23H26N4O6. The Morgan fingerprint density at radius 3 is 2.67 bits per heavy atom. The summed E-state index contributed by atoms with van der Waals surface area (Å²) in [6, 6.07) is 8.41. The molecule has 0 spiro atoms. The summed E-state index contributed by atoms with van der Waals surface area (Å²) in [6.45, 7) is 3.64. The van der Waals surface area contributed by atoms with Gasteiger partial charge in [-0.1, -0.05) is 0 Å². The fourth-order valence-corrected chi connectivity index (χ4v) is 3.84. The van der Waals surface area contributed by atoms with E-state index < -0.39 is 11.6 Å². The number of hydrogen-bond donors (Lipinski definition) is 2. The Kier molecular flexibility index (Phi) is 6.55. The van der Waals surface area contributed by atoms with E-state index in [1.807, 2.05) is 0 Å². The maximum Gasteiger partial charge on any atom is 0.335 e. The Balaban J connectivity index is 1.32. The molecule has 33 heavy (non-hydrogen) atoms. The van der Waals surface area contributed by atoms with Gasteiger partial charge < -0.3 is 19.9 Å². The minimum absolute atomic E-state index is 0.0846. The lowest BCUT2D eigenvalue weighted by atomic mass is 9.87. The van der Waals surface area contributed by atoms with Crippen LogP contribution in [-0.2, 0) is 9.53 Å². The molecule has 2 heterocycles. The third kappa shape index (κ3) is 5.46. The largest absolute Gasteiger partial charge is 0.479 e. The molecule has 4 rings (SSSR count). The van der Waals surface area contributed by atoms with Crippen LogP contribution in [0.1, 0.15) is 49.9 Å². The number of fused-ring (bicyclic) bond motifs is 1. The fraction of sp³-hybridized carbons (Fsp3) is 0.435. The molecule has 0 radical (unpaired) electrons. The van der Waals surface area contributed by atoms with E-state index in [1.165, 1.54) is 0 Å². The maximum atomic E-state index is 12.8. The Morgan fingerprint density at radius 1 is 1.15 bits per heavy atom. The van der Waals surface area contributed by atoms with Gasteiger partial charge in [-0.3, -0.25) is 4.79 Å². The summed E-state index contributed by atoms with van der Waals surface area (Å²) < 4.78 is 16.3. The zero-order chi connectivity index (χ0) is 23.4. The molecule has 0 unspecified atom stereocenters. The zero-order valence-electron chi connectivity index (χ0n) is 18.5. The normalized spacial score (nSPS) is 18.7. The fourth-order valence-electron chi connectivity index (χ4n) is 3.84. The number of carboxylic acid groups (broad SMARTS) is 1. The van der Waals surface area contributed by atoms with Crippen LogP contribution in [0.25, 0.3) is 11.0 Å². The molecule has 1 saturated carbocycles. The number of aliphatic carboxylic acids is 1. The van der Waals surface area contributed by atoms with Crippen molar-refractivity contribution in [3.63, 3.8) is 0 Å². The van der Waals surface area contributed by atoms with Crippen molar-refractivity contribution in [2.24, 2.45) is 5.92 Å². The van der Waals surface area contributed by atoms with E-state index in [-0.39, 0.29) is 17.9 Å². The molecule has 1 aliphatic carbocycles. The Morgan fingerprint density at radius 2 is 1.91 bits per heavy atom. The summed E-state index contributed by atoms with van der Waals surface area (Å²) >= 11 is 0.